The van der Waals surface area contributed by atoms with E-state index in [-0.39, 0.29) is 17.9 Å². The molecule has 4 nitrogen and oxygen atoms in total. The quantitative estimate of drug-likeness (QED) is 0.892. The fraction of sp³-hybridized carbons (Fsp3) is 0.500. The summed E-state index contributed by atoms with van der Waals surface area (Å²) in [5, 5.41) is 6.28. The smallest absolute Gasteiger partial charge is 0.231 e. The first kappa shape index (κ1) is 14.5. The molecule has 0 aromatic heterocycles. The van der Waals surface area contributed by atoms with Crippen LogP contribution in [-0.2, 0) is 9.53 Å². The molecule has 1 heterocycles. The Balaban J connectivity index is 2.04. The molecule has 0 saturated carbocycles. The molecule has 0 aliphatic carbocycles. The van der Waals surface area contributed by atoms with E-state index in [1.807, 2.05) is 32.0 Å². The number of carbonyl (C=O) groups excluding carboxylic acids is 1. The van der Waals surface area contributed by atoms with Crippen molar-refractivity contribution < 1.29 is 9.53 Å². The monoisotopic (exact) mass is 326 g/mol. The molecule has 0 spiro atoms. The van der Waals surface area contributed by atoms with Gasteiger partial charge in [-0.3, -0.25) is 4.79 Å². The lowest BCUT2D eigenvalue weighted by Crippen LogP contribution is -2.41. The topological polar surface area (TPSA) is 50.4 Å². The number of hydrogen-bond donors (Lipinski definition) is 2. The van der Waals surface area contributed by atoms with Gasteiger partial charge in [0.1, 0.15) is 0 Å². The first-order valence-electron chi connectivity index (χ1n) is 6.50. The number of ether oxygens (including phenoxy) is 1. The second kappa shape index (κ2) is 6.50. The fourth-order valence-corrected chi connectivity index (χ4v) is 2.74. The highest BCUT2D eigenvalue weighted by molar-refractivity contribution is 9.10. The Hall–Kier alpha value is -0.910. The van der Waals surface area contributed by atoms with Crippen molar-refractivity contribution in [2.45, 2.75) is 19.9 Å². The first-order valence-corrected chi connectivity index (χ1v) is 7.29. The molecule has 104 valence electrons. The largest absolute Gasteiger partial charge is 0.379 e. The summed E-state index contributed by atoms with van der Waals surface area (Å²) >= 11 is 3.42. The lowest BCUT2D eigenvalue weighted by atomic mass is 10.0. The summed E-state index contributed by atoms with van der Waals surface area (Å²) in [6.07, 6.45) is 0. The number of nitrogens with one attached hydrogen (secondary N) is 2. The molecule has 0 bridgehead atoms. The molecule has 2 N–H and O–H groups in total. The van der Waals surface area contributed by atoms with Gasteiger partial charge in [-0.05, 0) is 37.2 Å². The molecule has 1 aromatic rings. The third-order valence-corrected chi connectivity index (χ3v) is 3.82. The van der Waals surface area contributed by atoms with Crippen LogP contribution in [-0.4, -0.2) is 31.7 Å². The van der Waals surface area contributed by atoms with Crippen molar-refractivity contribution in [3.8, 4) is 0 Å². The summed E-state index contributed by atoms with van der Waals surface area (Å²) < 4.78 is 6.41. The van der Waals surface area contributed by atoms with E-state index < -0.39 is 0 Å². The minimum Gasteiger partial charge on any atom is -0.379 e. The Bertz CT molecular complexity index is 465. The van der Waals surface area contributed by atoms with Gasteiger partial charge in [0.05, 0.1) is 19.1 Å². The van der Waals surface area contributed by atoms with Crippen LogP contribution < -0.4 is 10.6 Å². The van der Waals surface area contributed by atoms with E-state index in [1.165, 1.54) is 0 Å². The third-order valence-electron chi connectivity index (χ3n) is 3.33. The van der Waals surface area contributed by atoms with E-state index in [0.29, 0.717) is 13.2 Å². The van der Waals surface area contributed by atoms with Crippen LogP contribution in [0.25, 0.3) is 0 Å². The summed E-state index contributed by atoms with van der Waals surface area (Å²) in [7, 11) is 0. The van der Waals surface area contributed by atoms with E-state index in [1.54, 1.807) is 0 Å². The molecule has 2 rings (SSSR count). The molecule has 1 aliphatic heterocycles. The molecule has 2 atom stereocenters. The standard InChI is InChI=1S/C14H19BrN2O2/c1-3-16-13-8-19-7-11(13)14(18)17-12-5-4-10(15)6-9(12)2/h4-6,11,13,16H,3,7-8H2,1-2H3,(H,17,18). The van der Waals surface area contributed by atoms with Crippen molar-refractivity contribution in [1.82, 2.24) is 5.32 Å². The molecular weight excluding hydrogens is 308 g/mol. The van der Waals surface area contributed by atoms with Crippen LogP contribution in [0.2, 0.25) is 0 Å². The van der Waals surface area contributed by atoms with E-state index in [9.17, 15) is 4.79 Å². The average Bonchev–Trinajstić information content (AvgIpc) is 2.81. The SMILES string of the molecule is CCNC1COCC1C(=O)Nc1ccc(Br)cc1C. The molecule has 1 amide bonds. The van der Waals surface area contributed by atoms with Gasteiger partial charge >= 0.3 is 0 Å². The van der Waals surface area contributed by atoms with Gasteiger partial charge in [-0.25, -0.2) is 0 Å². The van der Waals surface area contributed by atoms with Crippen molar-refractivity contribution >= 4 is 27.5 Å². The molecule has 1 saturated heterocycles. The van der Waals surface area contributed by atoms with Crippen molar-refractivity contribution in [3.05, 3.63) is 28.2 Å². The highest BCUT2D eigenvalue weighted by Crippen LogP contribution is 2.22. The van der Waals surface area contributed by atoms with E-state index in [4.69, 9.17) is 4.74 Å². The molecule has 0 radical (unpaired) electrons. The van der Waals surface area contributed by atoms with Gasteiger partial charge in [0.2, 0.25) is 5.91 Å². The maximum absolute atomic E-state index is 12.3. The Morgan fingerprint density at radius 1 is 1.47 bits per heavy atom. The zero-order chi connectivity index (χ0) is 13.8. The minimum atomic E-state index is -0.122. The Labute approximate surface area is 122 Å². The first-order chi connectivity index (χ1) is 9.11. The van der Waals surface area contributed by atoms with Crippen LogP contribution in [0.5, 0.6) is 0 Å². The van der Waals surface area contributed by atoms with Crippen LogP contribution in [0.3, 0.4) is 0 Å². The number of carbonyl (C=O) groups is 1. The highest BCUT2D eigenvalue weighted by atomic mass is 79.9. The second-order valence-electron chi connectivity index (χ2n) is 4.76. The van der Waals surface area contributed by atoms with Crippen LogP contribution in [0, 0.1) is 12.8 Å². The summed E-state index contributed by atoms with van der Waals surface area (Å²) in [6, 6.07) is 5.94. The van der Waals surface area contributed by atoms with Crippen molar-refractivity contribution in [1.29, 1.82) is 0 Å². The van der Waals surface area contributed by atoms with E-state index >= 15 is 0 Å². The minimum absolute atomic E-state index is 0.0221. The summed E-state index contributed by atoms with van der Waals surface area (Å²) in [4.78, 5) is 12.3. The Morgan fingerprint density at radius 2 is 2.26 bits per heavy atom. The van der Waals surface area contributed by atoms with Gasteiger partial charge in [-0.1, -0.05) is 22.9 Å². The third kappa shape index (κ3) is 3.55. The lowest BCUT2D eigenvalue weighted by molar-refractivity contribution is -0.120. The number of benzene rings is 1. The van der Waals surface area contributed by atoms with Crippen molar-refractivity contribution in [2.24, 2.45) is 5.92 Å². The van der Waals surface area contributed by atoms with Crippen LogP contribution in [0.1, 0.15) is 12.5 Å². The molecule has 19 heavy (non-hydrogen) atoms. The normalized spacial score (nSPS) is 22.5. The number of amides is 1. The van der Waals surface area contributed by atoms with E-state index in [2.05, 4.69) is 26.6 Å². The van der Waals surface area contributed by atoms with Gasteiger partial charge in [0.15, 0.2) is 0 Å². The number of anilines is 1. The predicted octanol–water partition coefficient (Wildman–Crippen LogP) is 2.32. The molecule has 5 heteroatoms. The maximum atomic E-state index is 12.3. The summed E-state index contributed by atoms with van der Waals surface area (Å²) in [5.41, 5.74) is 1.90. The van der Waals surface area contributed by atoms with Gasteiger partial charge < -0.3 is 15.4 Å². The molecule has 1 aliphatic rings. The average molecular weight is 327 g/mol. The summed E-state index contributed by atoms with van der Waals surface area (Å²) in [5.74, 6) is -0.100. The van der Waals surface area contributed by atoms with E-state index in [0.717, 1.165) is 22.3 Å². The fourth-order valence-electron chi connectivity index (χ4n) is 2.27. The van der Waals surface area contributed by atoms with Gasteiger partial charge in [-0.2, -0.15) is 0 Å². The summed E-state index contributed by atoms with van der Waals surface area (Å²) in [6.45, 7) is 5.94. The van der Waals surface area contributed by atoms with Crippen LogP contribution in [0.15, 0.2) is 22.7 Å². The number of likely N-dealkylation sites (N-methyl/N-ethyl adjacent to an activating group) is 1. The zero-order valence-electron chi connectivity index (χ0n) is 11.2. The number of rotatable bonds is 4. The lowest BCUT2D eigenvalue weighted by Gasteiger charge is -2.18. The van der Waals surface area contributed by atoms with Crippen molar-refractivity contribution in [3.63, 3.8) is 0 Å². The Morgan fingerprint density at radius 3 is 2.95 bits per heavy atom. The van der Waals surface area contributed by atoms with Crippen LogP contribution >= 0.6 is 15.9 Å². The number of hydrogen-bond acceptors (Lipinski definition) is 3. The highest BCUT2D eigenvalue weighted by Gasteiger charge is 2.33. The second-order valence-corrected chi connectivity index (χ2v) is 5.67. The zero-order valence-corrected chi connectivity index (χ0v) is 12.8. The van der Waals surface area contributed by atoms with Crippen LogP contribution in [0.4, 0.5) is 5.69 Å². The van der Waals surface area contributed by atoms with Gasteiger partial charge in [0.25, 0.3) is 0 Å². The van der Waals surface area contributed by atoms with Gasteiger partial charge in [-0.15, -0.1) is 0 Å². The Kier molecular flexibility index (Phi) is 4.96. The molecule has 2 unspecified atom stereocenters. The van der Waals surface area contributed by atoms with Crippen molar-refractivity contribution in [2.75, 3.05) is 25.1 Å². The molecular formula is C14H19BrN2O2. The van der Waals surface area contributed by atoms with Gasteiger partial charge in [0, 0.05) is 16.2 Å². The number of aryl methyl sites for hydroxylation is 1. The predicted molar refractivity (Wildman–Crippen MR) is 79.3 cm³/mol. The maximum Gasteiger partial charge on any atom is 0.231 e. The number of halogens is 1. The molecule has 1 aromatic carbocycles. The molecule has 1 fully saturated rings.